The number of piperazine rings is 1. The van der Waals surface area contributed by atoms with E-state index in [1.807, 2.05) is 29.0 Å². The first kappa shape index (κ1) is 21.0. The number of benzene rings is 1. The van der Waals surface area contributed by atoms with E-state index in [0.29, 0.717) is 36.3 Å². The summed E-state index contributed by atoms with van der Waals surface area (Å²) in [5.41, 5.74) is -0.439. The van der Waals surface area contributed by atoms with Gasteiger partial charge in [-0.3, -0.25) is 9.79 Å². The van der Waals surface area contributed by atoms with Gasteiger partial charge in [-0.1, -0.05) is 12.2 Å². The van der Waals surface area contributed by atoms with Gasteiger partial charge in [-0.25, -0.2) is 0 Å². The predicted octanol–water partition coefficient (Wildman–Crippen LogP) is 3.92. The summed E-state index contributed by atoms with van der Waals surface area (Å²) >= 11 is 3.26. The maximum Gasteiger partial charge on any atom is 0.416 e. The van der Waals surface area contributed by atoms with Crippen molar-refractivity contribution in [1.82, 2.24) is 9.80 Å². The van der Waals surface area contributed by atoms with E-state index in [2.05, 4.69) is 33.1 Å². The first-order valence-corrected chi connectivity index (χ1v) is 10.5. The summed E-state index contributed by atoms with van der Waals surface area (Å²) < 4.78 is 39.0. The second-order valence-corrected chi connectivity index (χ2v) is 8.64. The van der Waals surface area contributed by atoms with Crippen molar-refractivity contribution in [3.05, 3.63) is 52.7 Å². The molecule has 4 rings (SSSR count). The van der Waals surface area contributed by atoms with Crippen LogP contribution in [0.25, 0.3) is 0 Å². The highest BCUT2D eigenvalue weighted by molar-refractivity contribution is 9.10. The summed E-state index contributed by atoms with van der Waals surface area (Å²) in [4.78, 5) is 23.2. The number of hydrogen-bond acceptors (Lipinski definition) is 4. The molecule has 0 bridgehead atoms. The number of allylic oxidation sites excluding steroid dienone is 1. The molecule has 5 nitrogen and oxygen atoms in total. The molecule has 1 aromatic carbocycles. The van der Waals surface area contributed by atoms with Crippen LogP contribution in [0.3, 0.4) is 0 Å². The van der Waals surface area contributed by atoms with E-state index in [9.17, 15) is 18.0 Å². The molecule has 1 aromatic rings. The number of hydrogen-bond donors (Lipinski definition) is 0. The standard InChI is InChI=1S/C21H22BrF3N4O/c1-20-15(3-2-7-26-20)6-8-29(20)14-19(30)28-11-9-27(10-12-28)18-5-4-16(13-17(18)22)21(23,24)25/h2-8,13,15H,9-12,14H2,1H3. The first-order chi connectivity index (χ1) is 14.2. The van der Waals surface area contributed by atoms with E-state index in [1.165, 1.54) is 6.07 Å². The number of rotatable bonds is 3. The summed E-state index contributed by atoms with van der Waals surface area (Å²) in [5.74, 6) is 0.182. The lowest BCUT2D eigenvalue weighted by atomic mass is 9.94. The molecule has 1 saturated heterocycles. The smallest absolute Gasteiger partial charge is 0.367 e. The Morgan fingerprint density at radius 1 is 1.23 bits per heavy atom. The highest BCUT2D eigenvalue weighted by Gasteiger charge is 2.41. The number of dihydropyridines is 1. The molecule has 1 amide bonds. The Hall–Kier alpha value is -2.29. The van der Waals surface area contributed by atoms with Crippen LogP contribution in [0.15, 0.2) is 52.1 Å². The largest absolute Gasteiger partial charge is 0.416 e. The van der Waals surface area contributed by atoms with Crippen molar-refractivity contribution in [2.45, 2.75) is 18.8 Å². The van der Waals surface area contributed by atoms with Crippen molar-refractivity contribution in [2.24, 2.45) is 10.9 Å². The average molecular weight is 483 g/mol. The molecule has 3 aliphatic heterocycles. The van der Waals surface area contributed by atoms with Crippen LogP contribution in [0.2, 0.25) is 0 Å². The second kappa shape index (κ2) is 7.76. The fraction of sp³-hybridized carbons (Fsp3) is 0.429. The van der Waals surface area contributed by atoms with E-state index >= 15 is 0 Å². The molecule has 0 aromatic heterocycles. The number of carbonyl (C=O) groups is 1. The van der Waals surface area contributed by atoms with Gasteiger partial charge >= 0.3 is 6.18 Å². The summed E-state index contributed by atoms with van der Waals surface area (Å²) in [6.45, 7) is 4.43. The summed E-state index contributed by atoms with van der Waals surface area (Å²) in [6.07, 6.45) is 5.38. The van der Waals surface area contributed by atoms with Crippen molar-refractivity contribution < 1.29 is 18.0 Å². The van der Waals surface area contributed by atoms with Gasteiger partial charge in [-0.05, 0) is 53.3 Å². The molecular weight excluding hydrogens is 461 g/mol. The normalized spacial score (nSPS) is 25.8. The molecule has 0 radical (unpaired) electrons. The average Bonchev–Trinajstić information content (AvgIpc) is 3.03. The Kier molecular flexibility index (Phi) is 5.42. The zero-order valence-electron chi connectivity index (χ0n) is 16.4. The van der Waals surface area contributed by atoms with Crippen LogP contribution in [-0.2, 0) is 11.0 Å². The predicted molar refractivity (Wildman–Crippen MR) is 113 cm³/mol. The Morgan fingerprint density at radius 2 is 1.97 bits per heavy atom. The number of fused-ring (bicyclic) bond motifs is 1. The van der Waals surface area contributed by atoms with E-state index in [4.69, 9.17) is 0 Å². The zero-order chi connectivity index (χ0) is 21.5. The van der Waals surface area contributed by atoms with Gasteiger partial charge in [0.05, 0.1) is 17.8 Å². The first-order valence-electron chi connectivity index (χ1n) is 9.75. The van der Waals surface area contributed by atoms with Crippen LogP contribution in [0, 0.1) is 5.92 Å². The molecule has 30 heavy (non-hydrogen) atoms. The van der Waals surface area contributed by atoms with Crippen molar-refractivity contribution in [1.29, 1.82) is 0 Å². The van der Waals surface area contributed by atoms with Crippen molar-refractivity contribution in [2.75, 3.05) is 37.6 Å². The number of halogens is 4. The third-order valence-corrected chi connectivity index (χ3v) is 6.62. The molecule has 0 aliphatic carbocycles. The van der Waals surface area contributed by atoms with Gasteiger partial charge in [0, 0.05) is 42.8 Å². The quantitative estimate of drug-likeness (QED) is 0.655. The van der Waals surface area contributed by atoms with Crippen molar-refractivity contribution in [3.63, 3.8) is 0 Å². The molecule has 0 saturated carbocycles. The van der Waals surface area contributed by atoms with Crippen LogP contribution in [-0.4, -0.2) is 60.3 Å². The van der Waals surface area contributed by atoms with Crippen LogP contribution >= 0.6 is 15.9 Å². The molecule has 1 fully saturated rings. The minimum absolute atomic E-state index is 0.0254. The molecule has 9 heteroatoms. The van der Waals surface area contributed by atoms with Gasteiger partial charge < -0.3 is 14.7 Å². The zero-order valence-corrected chi connectivity index (χ0v) is 18.0. The number of amides is 1. The van der Waals surface area contributed by atoms with Gasteiger partial charge in [0.1, 0.15) is 5.66 Å². The number of carbonyl (C=O) groups excluding carboxylic acids is 1. The van der Waals surface area contributed by atoms with Crippen LogP contribution in [0.4, 0.5) is 18.9 Å². The van der Waals surface area contributed by atoms with Gasteiger partial charge in [0.15, 0.2) is 0 Å². The molecule has 3 heterocycles. The van der Waals surface area contributed by atoms with E-state index in [-0.39, 0.29) is 18.4 Å². The van der Waals surface area contributed by atoms with E-state index in [0.717, 1.165) is 12.1 Å². The van der Waals surface area contributed by atoms with Gasteiger partial charge in [0.2, 0.25) is 5.91 Å². The second-order valence-electron chi connectivity index (χ2n) is 7.78. The fourth-order valence-corrected chi connectivity index (χ4v) is 4.72. The van der Waals surface area contributed by atoms with Gasteiger partial charge in [-0.15, -0.1) is 0 Å². The lowest BCUT2D eigenvalue weighted by Crippen LogP contribution is -2.53. The molecule has 2 unspecified atom stereocenters. The van der Waals surface area contributed by atoms with Crippen LogP contribution in [0.1, 0.15) is 12.5 Å². The molecule has 160 valence electrons. The van der Waals surface area contributed by atoms with Gasteiger partial charge in [0.25, 0.3) is 0 Å². The third kappa shape index (κ3) is 3.87. The molecule has 0 N–H and O–H groups in total. The topological polar surface area (TPSA) is 39.2 Å². The molecule has 2 atom stereocenters. The maximum absolute atomic E-state index is 12.9. The summed E-state index contributed by atoms with van der Waals surface area (Å²) in [6, 6.07) is 3.67. The van der Waals surface area contributed by atoms with Crippen molar-refractivity contribution in [3.8, 4) is 0 Å². The minimum atomic E-state index is -4.37. The minimum Gasteiger partial charge on any atom is -0.367 e. The van der Waals surface area contributed by atoms with Gasteiger partial charge in [-0.2, -0.15) is 13.2 Å². The molecule has 3 aliphatic rings. The number of alkyl halides is 3. The fourth-order valence-electron chi connectivity index (χ4n) is 4.09. The number of anilines is 1. The van der Waals surface area contributed by atoms with E-state index < -0.39 is 17.4 Å². The summed E-state index contributed by atoms with van der Waals surface area (Å²) in [7, 11) is 0. The molecule has 0 spiro atoms. The Labute approximate surface area is 181 Å². The Morgan fingerprint density at radius 3 is 2.63 bits per heavy atom. The highest BCUT2D eigenvalue weighted by atomic mass is 79.9. The molecular formula is C21H22BrF3N4O. The SMILES string of the molecule is CC12N=CC=CC1C=CN2CC(=O)N1CCN(c2ccc(C(F)(F)F)cc2Br)CC1. The monoisotopic (exact) mass is 482 g/mol. The van der Waals surface area contributed by atoms with E-state index in [1.54, 1.807) is 11.1 Å². The van der Waals surface area contributed by atoms with Crippen LogP contribution in [0.5, 0.6) is 0 Å². The number of nitrogens with zero attached hydrogens (tertiary/aromatic N) is 4. The van der Waals surface area contributed by atoms with Crippen molar-refractivity contribution >= 4 is 33.7 Å². The lowest BCUT2D eigenvalue weighted by molar-refractivity contribution is -0.137. The lowest BCUT2D eigenvalue weighted by Gasteiger charge is -2.40. The highest BCUT2D eigenvalue weighted by Crippen LogP contribution is 2.37. The Balaban J connectivity index is 1.36. The number of aliphatic imine (C=N–C) groups is 1. The maximum atomic E-state index is 12.9. The Bertz CT molecular complexity index is 921. The third-order valence-electron chi connectivity index (χ3n) is 5.98. The van der Waals surface area contributed by atoms with Crippen LogP contribution < -0.4 is 4.90 Å². The summed E-state index contributed by atoms with van der Waals surface area (Å²) in [5, 5.41) is 0.